The minimum Gasteiger partial charge on any atom is -0.417 e. The zero-order valence-corrected chi connectivity index (χ0v) is 13.0. The van der Waals surface area contributed by atoms with Crippen LogP contribution < -0.4 is 15.4 Å². The third-order valence-electron chi connectivity index (χ3n) is 4.92. The molecule has 2 amide bonds. The fraction of sp³-hybridized carbons (Fsp3) is 0.625. The van der Waals surface area contributed by atoms with E-state index < -0.39 is 6.61 Å². The van der Waals surface area contributed by atoms with E-state index in [-0.39, 0.29) is 26.8 Å². The molecule has 0 aromatic carbocycles. The highest BCUT2D eigenvalue weighted by Gasteiger charge is 2.48. The summed E-state index contributed by atoms with van der Waals surface area (Å²) < 4.78 is 28.7. The van der Waals surface area contributed by atoms with E-state index in [1.807, 2.05) is 0 Å². The van der Waals surface area contributed by atoms with Crippen LogP contribution in [0.15, 0.2) is 18.3 Å². The smallest absolute Gasteiger partial charge is 0.388 e. The van der Waals surface area contributed by atoms with E-state index in [2.05, 4.69) is 20.4 Å². The number of pyridine rings is 1. The molecule has 2 aliphatic carbocycles. The number of ether oxygens (including phenoxy) is 1. The first-order chi connectivity index (χ1) is 11.0. The summed E-state index contributed by atoms with van der Waals surface area (Å²) in [6.45, 7) is -1.13. The number of nitrogens with zero attached hydrogens (tertiary/aromatic N) is 1. The molecule has 0 aliphatic heterocycles. The van der Waals surface area contributed by atoms with Crippen LogP contribution in [-0.2, 0) is 0 Å². The van der Waals surface area contributed by atoms with Crippen molar-refractivity contribution in [2.24, 2.45) is 5.41 Å². The molecule has 2 aliphatic rings. The number of halogens is 2. The van der Waals surface area contributed by atoms with Crippen LogP contribution in [0.25, 0.3) is 0 Å². The van der Waals surface area contributed by atoms with Crippen molar-refractivity contribution >= 4 is 6.03 Å². The van der Waals surface area contributed by atoms with Gasteiger partial charge < -0.3 is 15.4 Å². The molecule has 1 heterocycles. The van der Waals surface area contributed by atoms with Gasteiger partial charge in [-0.05, 0) is 49.7 Å². The molecule has 0 saturated heterocycles. The van der Waals surface area contributed by atoms with Crippen LogP contribution in [0.1, 0.15) is 53.5 Å². The number of alkyl halides is 2. The minimum absolute atomic E-state index is 0. The zero-order chi connectivity index (χ0) is 16.4. The van der Waals surface area contributed by atoms with Gasteiger partial charge in [0.1, 0.15) is 0 Å². The Bertz CT molecular complexity index is 580. The molecule has 0 radical (unpaired) electrons. The van der Waals surface area contributed by atoms with Crippen molar-refractivity contribution in [2.75, 3.05) is 0 Å². The highest BCUT2D eigenvalue weighted by atomic mass is 19.3. The number of aromatic nitrogens is 1. The summed E-state index contributed by atoms with van der Waals surface area (Å²) in [5.41, 5.74) is 1.17. The molecule has 7 heteroatoms. The molecule has 2 fully saturated rings. The van der Waals surface area contributed by atoms with Gasteiger partial charge in [0, 0.05) is 21.2 Å². The lowest BCUT2D eigenvalue weighted by atomic mass is 9.54. The Hall–Kier alpha value is -1.92. The standard InChI is InChI=1S/C16H21F2N3O2.2H2/c1-10(11-3-6-19-13(7-11)23-14(17)18)20-15(22)21-12-8-16(9-12)4-2-5-16;;/h3,6-7,10,12,14H,2,4-5,8-9H2,1H3,(H2,20,21,22);2*1H. The lowest BCUT2D eigenvalue weighted by molar-refractivity contribution is -0.0529. The molecular formula is C16H25F2N3O2. The molecule has 1 spiro atoms. The van der Waals surface area contributed by atoms with Crippen LogP contribution in [0.2, 0.25) is 0 Å². The van der Waals surface area contributed by atoms with Crippen LogP contribution in [0.4, 0.5) is 13.6 Å². The molecule has 1 unspecified atom stereocenters. The van der Waals surface area contributed by atoms with E-state index >= 15 is 0 Å². The van der Waals surface area contributed by atoms with Gasteiger partial charge in [-0.3, -0.25) is 0 Å². The van der Waals surface area contributed by atoms with Gasteiger partial charge in [-0.2, -0.15) is 8.78 Å². The van der Waals surface area contributed by atoms with Crippen molar-refractivity contribution in [2.45, 2.75) is 57.7 Å². The molecule has 1 aromatic rings. The van der Waals surface area contributed by atoms with Crippen molar-refractivity contribution in [3.63, 3.8) is 0 Å². The van der Waals surface area contributed by atoms with Gasteiger partial charge in [0.05, 0.1) is 6.04 Å². The number of amides is 2. The quantitative estimate of drug-likeness (QED) is 0.862. The van der Waals surface area contributed by atoms with Crippen LogP contribution >= 0.6 is 0 Å². The van der Waals surface area contributed by atoms with Crippen molar-refractivity contribution in [1.82, 2.24) is 15.6 Å². The first-order valence-corrected chi connectivity index (χ1v) is 7.94. The summed E-state index contributed by atoms with van der Waals surface area (Å²) in [5.74, 6) is -0.155. The highest BCUT2D eigenvalue weighted by Crippen LogP contribution is 2.55. The van der Waals surface area contributed by atoms with Crippen molar-refractivity contribution in [1.29, 1.82) is 0 Å². The molecule has 23 heavy (non-hydrogen) atoms. The summed E-state index contributed by atoms with van der Waals surface area (Å²) in [7, 11) is 0. The normalized spacial score (nSPS) is 20.5. The lowest BCUT2D eigenvalue weighted by Crippen LogP contribution is -2.55. The molecule has 2 saturated carbocycles. The minimum atomic E-state index is -2.92. The average molecular weight is 329 g/mol. The first-order valence-electron chi connectivity index (χ1n) is 7.94. The number of nitrogens with one attached hydrogen (secondary N) is 2. The third-order valence-corrected chi connectivity index (χ3v) is 4.92. The van der Waals surface area contributed by atoms with Crippen LogP contribution in [0, 0.1) is 5.41 Å². The Morgan fingerprint density at radius 1 is 1.48 bits per heavy atom. The maximum Gasteiger partial charge on any atom is 0.388 e. The number of hydrogen-bond donors (Lipinski definition) is 2. The molecular weight excluding hydrogens is 304 g/mol. The maximum atomic E-state index is 12.2. The van der Waals surface area contributed by atoms with Crippen molar-refractivity contribution < 1.29 is 21.2 Å². The van der Waals surface area contributed by atoms with E-state index in [4.69, 9.17) is 0 Å². The fourth-order valence-electron chi connectivity index (χ4n) is 3.53. The van der Waals surface area contributed by atoms with E-state index in [1.54, 1.807) is 13.0 Å². The molecule has 5 nitrogen and oxygen atoms in total. The van der Waals surface area contributed by atoms with E-state index in [9.17, 15) is 13.6 Å². The van der Waals surface area contributed by atoms with Crippen molar-refractivity contribution in [3.8, 4) is 5.88 Å². The topological polar surface area (TPSA) is 63.2 Å². The Morgan fingerprint density at radius 3 is 2.83 bits per heavy atom. The SMILES string of the molecule is CC(NC(=O)NC1CC2(CCC2)C1)c1ccnc(OC(F)F)c1.[HH].[HH]. The summed E-state index contributed by atoms with van der Waals surface area (Å²) in [5, 5.41) is 5.79. The van der Waals surface area contributed by atoms with Crippen molar-refractivity contribution in [3.05, 3.63) is 23.9 Å². The van der Waals surface area contributed by atoms with Gasteiger partial charge >= 0.3 is 12.6 Å². The number of rotatable bonds is 5. The lowest BCUT2D eigenvalue weighted by Gasteiger charge is -2.54. The Balaban J connectivity index is 0.00000156. The third kappa shape index (κ3) is 3.71. The first kappa shape index (κ1) is 16.0. The Labute approximate surface area is 136 Å². The average Bonchev–Trinajstić information content (AvgIpc) is 2.39. The molecule has 1 atom stereocenters. The van der Waals surface area contributed by atoms with Gasteiger partial charge in [0.15, 0.2) is 0 Å². The summed E-state index contributed by atoms with van der Waals surface area (Å²) in [6.07, 6.45) is 7.39. The molecule has 1 aromatic heterocycles. The molecule has 130 valence electrons. The van der Waals surface area contributed by atoms with E-state index in [0.29, 0.717) is 11.0 Å². The van der Waals surface area contributed by atoms with Crippen LogP contribution in [0.3, 0.4) is 0 Å². The maximum absolute atomic E-state index is 12.2. The Morgan fingerprint density at radius 2 is 2.22 bits per heavy atom. The van der Waals surface area contributed by atoms with Gasteiger partial charge in [-0.1, -0.05) is 6.42 Å². The molecule has 2 N–H and O–H groups in total. The van der Waals surface area contributed by atoms with E-state index in [1.165, 1.54) is 31.5 Å². The van der Waals surface area contributed by atoms with Gasteiger partial charge in [0.25, 0.3) is 0 Å². The highest BCUT2D eigenvalue weighted by molar-refractivity contribution is 5.75. The summed E-state index contributed by atoms with van der Waals surface area (Å²) in [4.78, 5) is 15.7. The molecule has 0 bridgehead atoms. The predicted octanol–water partition coefficient (Wildman–Crippen LogP) is 3.87. The van der Waals surface area contributed by atoms with Crippen LogP contribution in [0.5, 0.6) is 5.88 Å². The largest absolute Gasteiger partial charge is 0.417 e. The number of carbonyl (C=O) groups excluding carboxylic acids is 1. The summed E-state index contributed by atoms with van der Waals surface area (Å²) >= 11 is 0. The molecule has 3 rings (SSSR count). The number of urea groups is 1. The fourth-order valence-corrected chi connectivity index (χ4v) is 3.53. The van der Waals surface area contributed by atoms with Crippen LogP contribution in [-0.4, -0.2) is 23.7 Å². The zero-order valence-electron chi connectivity index (χ0n) is 13.0. The summed E-state index contributed by atoms with van der Waals surface area (Å²) in [6, 6.07) is 2.76. The number of carbonyl (C=O) groups is 1. The Kier molecular flexibility index (Phi) is 4.37. The van der Waals surface area contributed by atoms with Gasteiger partial charge in [0.2, 0.25) is 5.88 Å². The second-order valence-electron chi connectivity index (χ2n) is 6.60. The predicted molar refractivity (Wildman–Crippen MR) is 84.5 cm³/mol. The second kappa shape index (κ2) is 6.29. The number of hydrogen-bond acceptors (Lipinski definition) is 3. The van der Waals surface area contributed by atoms with Gasteiger partial charge in [-0.15, -0.1) is 0 Å². The monoisotopic (exact) mass is 329 g/mol. The van der Waals surface area contributed by atoms with E-state index in [0.717, 1.165) is 12.8 Å². The van der Waals surface area contributed by atoms with Gasteiger partial charge in [-0.25, -0.2) is 9.78 Å². The second-order valence-corrected chi connectivity index (χ2v) is 6.60.